The van der Waals surface area contributed by atoms with E-state index in [0.29, 0.717) is 17.9 Å². The monoisotopic (exact) mass is 353 g/mol. The molecule has 2 aromatic heterocycles. The smallest absolute Gasteiger partial charge is 0.334 e. The van der Waals surface area contributed by atoms with Crippen molar-refractivity contribution in [3.05, 3.63) is 38.6 Å². The predicted molar refractivity (Wildman–Crippen MR) is 83.3 cm³/mol. The van der Waals surface area contributed by atoms with E-state index in [1.807, 2.05) is 20.8 Å². The molecule has 0 fully saturated rings. The van der Waals surface area contributed by atoms with Crippen LogP contribution in [0.25, 0.3) is 5.82 Å². The Labute approximate surface area is 130 Å². The van der Waals surface area contributed by atoms with Crippen LogP contribution in [0, 0.1) is 15.5 Å². The molecular formula is C13H16BrN5O2. The van der Waals surface area contributed by atoms with Crippen LogP contribution in [0.5, 0.6) is 0 Å². The number of pyridine rings is 1. The van der Waals surface area contributed by atoms with Gasteiger partial charge in [0.25, 0.3) is 0 Å². The molecule has 2 heterocycles. The van der Waals surface area contributed by atoms with Crippen LogP contribution in [0.15, 0.2) is 22.8 Å². The minimum absolute atomic E-state index is 0.00549. The van der Waals surface area contributed by atoms with Crippen LogP contribution in [0.1, 0.15) is 26.5 Å². The van der Waals surface area contributed by atoms with Crippen molar-refractivity contribution in [2.24, 2.45) is 5.41 Å². The fourth-order valence-electron chi connectivity index (χ4n) is 1.96. The van der Waals surface area contributed by atoms with Gasteiger partial charge in [-0.05, 0) is 33.5 Å². The number of halogens is 1. The largest absolute Gasteiger partial charge is 0.378 e. The van der Waals surface area contributed by atoms with E-state index < -0.39 is 4.92 Å². The Bertz CT molecular complexity index is 673. The predicted octanol–water partition coefficient (Wildman–Crippen LogP) is 3.11. The molecule has 0 saturated carbocycles. The molecule has 21 heavy (non-hydrogen) atoms. The number of anilines is 1. The van der Waals surface area contributed by atoms with Gasteiger partial charge in [-0.2, -0.15) is 9.78 Å². The molecule has 0 bridgehead atoms. The van der Waals surface area contributed by atoms with E-state index in [0.717, 1.165) is 4.47 Å². The van der Waals surface area contributed by atoms with Gasteiger partial charge in [-0.1, -0.05) is 20.8 Å². The molecule has 2 aromatic rings. The minimum atomic E-state index is -0.487. The first-order valence-corrected chi connectivity index (χ1v) is 7.12. The molecule has 0 aromatic carbocycles. The van der Waals surface area contributed by atoms with Gasteiger partial charge in [-0.25, -0.2) is 4.98 Å². The summed E-state index contributed by atoms with van der Waals surface area (Å²) < 4.78 is 2.12. The number of nitrogens with two attached hydrogens (primary N) is 1. The normalized spacial score (nSPS) is 11.6. The summed E-state index contributed by atoms with van der Waals surface area (Å²) in [7, 11) is 0. The lowest BCUT2D eigenvalue weighted by molar-refractivity contribution is -0.384. The van der Waals surface area contributed by atoms with E-state index in [2.05, 4.69) is 26.0 Å². The molecule has 0 aliphatic heterocycles. The molecular weight excluding hydrogens is 338 g/mol. The number of hydrogen-bond acceptors (Lipinski definition) is 5. The lowest BCUT2D eigenvalue weighted by Gasteiger charge is -2.15. The molecule has 0 aliphatic carbocycles. The first-order chi connectivity index (χ1) is 9.69. The number of nitro groups is 1. The lowest BCUT2D eigenvalue weighted by Crippen LogP contribution is -2.11. The second-order valence-electron chi connectivity index (χ2n) is 5.92. The van der Waals surface area contributed by atoms with E-state index in [9.17, 15) is 10.1 Å². The summed E-state index contributed by atoms with van der Waals surface area (Å²) in [4.78, 5) is 15.0. The maximum atomic E-state index is 11.3. The van der Waals surface area contributed by atoms with Gasteiger partial charge in [-0.3, -0.25) is 10.1 Å². The van der Waals surface area contributed by atoms with Crippen LogP contribution in [0.4, 0.5) is 11.5 Å². The highest BCUT2D eigenvalue weighted by atomic mass is 79.9. The van der Waals surface area contributed by atoms with Gasteiger partial charge < -0.3 is 5.73 Å². The van der Waals surface area contributed by atoms with Crippen molar-refractivity contribution in [3.8, 4) is 5.82 Å². The summed E-state index contributed by atoms with van der Waals surface area (Å²) in [5, 5.41) is 15.6. The highest BCUT2D eigenvalue weighted by Gasteiger charge is 2.29. The van der Waals surface area contributed by atoms with Gasteiger partial charge in [-0.15, -0.1) is 0 Å². The summed E-state index contributed by atoms with van der Waals surface area (Å²) in [6.45, 7) is 5.97. The van der Waals surface area contributed by atoms with Crippen molar-refractivity contribution in [2.75, 3.05) is 5.73 Å². The zero-order chi connectivity index (χ0) is 15.8. The molecule has 2 rings (SSSR count). The van der Waals surface area contributed by atoms with Crippen LogP contribution < -0.4 is 5.73 Å². The Morgan fingerprint density at radius 3 is 2.57 bits per heavy atom. The van der Waals surface area contributed by atoms with E-state index in [-0.39, 0.29) is 16.9 Å². The molecule has 0 saturated heterocycles. The Hall–Kier alpha value is -1.96. The van der Waals surface area contributed by atoms with Gasteiger partial charge in [0.1, 0.15) is 5.69 Å². The molecule has 8 heteroatoms. The van der Waals surface area contributed by atoms with Crippen LogP contribution in [-0.2, 0) is 6.42 Å². The van der Waals surface area contributed by atoms with Gasteiger partial charge >= 0.3 is 5.69 Å². The van der Waals surface area contributed by atoms with Crippen molar-refractivity contribution in [2.45, 2.75) is 27.2 Å². The number of nitrogens with zero attached hydrogens (tertiary/aromatic N) is 4. The number of rotatable bonds is 3. The van der Waals surface area contributed by atoms with E-state index in [4.69, 9.17) is 5.73 Å². The van der Waals surface area contributed by atoms with Crippen molar-refractivity contribution >= 4 is 27.4 Å². The highest BCUT2D eigenvalue weighted by Crippen LogP contribution is 2.32. The van der Waals surface area contributed by atoms with Gasteiger partial charge in [0.05, 0.1) is 4.92 Å². The number of nitrogen functional groups attached to an aromatic ring is 1. The standard InChI is InChI=1S/C13H16BrN5O2/c1-13(2,3)6-9-11(19(20)21)12(15)18(17-9)10-5-4-8(14)7-16-10/h4-5,7H,6,15H2,1-3H3. The average molecular weight is 354 g/mol. The Balaban J connectivity index is 2.56. The Morgan fingerprint density at radius 1 is 1.43 bits per heavy atom. The molecule has 0 aliphatic rings. The molecule has 0 spiro atoms. The Morgan fingerprint density at radius 2 is 2.10 bits per heavy atom. The van der Waals surface area contributed by atoms with Crippen LogP contribution in [0.3, 0.4) is 0 Å². The Kier molecular flexibility index (Phi) is 3.99. The molecule has 7 nitrogen and oxygen atoms in total. The summed E-state index contributed by atoms with van der Waals surface area (Å²) in [6, 6.07) is 3.47. The van der Waals surface area contributed by atoms with Gasteiger partial charge in [0, 0.05) is 17.1 Å². The van der Waals surface area contributed by atoms with Crippen LogP contribution >= 0.6 is 15.9 Å². The summed E-state index contributed by atoms with van der Waals surface area (Å²) in [5.41, 5.74) is 5.99. The quantitative estimate of drug-likeness (QED) is 0.674. The minimum Gasteiger partial charge on any atom is -0.378 e. The van der Waals surface area contributed by atoms with Crippen molar-refractivity contribution in [1.82, 2.24) is 14.8 Å². The zero-order valence-electron chi connectivity index (χ0n) is 12.0. The molecule has 0 amide bonds. The van der Waals surface area contributed by atoms with Crippen LogP contribution in [-0.4, -0.2) is 19.7 Å². The average Bonchev–Trinajstić information content (AvgIpc) is 2.65. The maximum absolute atomic E-state index is 11.3. The second kappa shape index (κ2) is 5.44. The fraction of sp³-hybridized carbons (Fsp3) is 0.385. The van der Waals surface area contributed by atoms with E-state index >= 15 is 0 Å². The molecule has 2 N–H and O–H groups in total. The SMILES string of the molecule is CC(C)(C)Cc1nn(-c2ccc(Br)cn2)c(N)c1[N+](=O)[O-]. The highest BCUT2D eigenvalue weighted by molar-refractivity contribution is 9.10. The van der Waals surface area contributed by atoms with Crippen molar-refractivity contribution in [1.29, 1.82) is 0 Å². The molecule has 112 valence electrons. The fourth-order valence-corrected chi connectivity index (χ4v) is 2.19. The second-order valence-corrected chi connectivity index (χ2v) is 6.84. The summed E-state index contributed by atoms with van der Waals surface area (Å²) in [5.74, 6) is 0.438. The summed E-state index contributed by atoms with van der Waals surface area (Å²) >= 11 is 3.29. The van der Waals surface area contributed by atoms with Crippen molar-refractivity contribution in [3.63, 3.8) is 0 Å². The van der Waals surface area contributed by atoms with E-state index in [1.54, 1.807) is 18.3 Å². The van der Waals surface area contributed by atoms with Gasteiger partial charge in [0.15, 0.2) is 5.82 Å². The lowest BCUT2D eigenvalue weighted by atomic mass is 9.90. The molecule has 0 atom stereocenters. The molecule has 0 unspecified atom stereocenters. The third-order valence-electron chi connectivity index (χ3n) is 2.77. The maximum Gasteiger partial charge on any atom is 0.334 e. The zero-order valence-corrected chi connectivity index (χ0v) is 13.6. The third-order valence-corrected chi connectivity index (χ3v) is 3.24. The molecule has 0 radical (unpaired) electrons. The number of hydrogen-bond donors (Lipinski definition) is 1. The summed E-state index contributed by atoms with van der Waals surface area (Å²) in [6.07, 6.45) is 2.04. The third kappa shape index (κ3) is 3.38. The topological polar surface area (TPSA) is 99.9 Å². The first kappa shape index (κ1) is 15.4. The van der Waals surface area contributed by atoms with E-state index in [1.165, 1.54) is 4.68 Å². The van der Waals surface area contributed by atoms with Crippen molar-refractivity contribution < 1.29 is 4.92 Å². The van der Waals surface area contributed by atoms with Gasteiger partial charge in [0.2, 0.25) is 5.82 Å². The first-order valence-electron chi connectivity index (χ1n) is 6.33. The number of aromatic nitrogens is 3. The van der Waals surface area contributed by atoms with Crippen LogP contribution in [0.2, 0.25) is 0 Å².